The van der Waals surface area contributed by atoms with Crippen molar-refractivity contribution in [2.24, 2.45) is 0 Å². The summed E-state index contributed by atoms with van der Waals surface area (Å²) in [5.41, 5.74) is 1.53. The number of carbonyl (C=O) groups is 3. The van der Waals surface area contributed by atoms with Gasteiger partial charge in [0.25, 0.3) is 5.91 Å². The minimum absolute atomic E-state index is 0.0569. The van der Waals surface area contributed by atoms with E-state index in [-0.39, 0.29) is 24.8 Å². The Morgan fingerprint density at radius 2 is 1.94 bits per heavy atom. The fraction of sp³-hybridized carbons (Fsp3) is 0.385. The van der Waals surface area contributed by atoms with E-state index in [4.69, 9.17) is 13.7 Å². The molecule has 190 valence electrons. The summed E-state index contributed by atoms with van der Waals surface area (Å²) in [6.45, 7) is 4.66. The zero-order valence-electron chi connectivity index (χ0n) is 20.4. The quantitative estimate of drug-likeness (QED) is 0.440. The number of aromatic nitrogens is 1. The molecule has 36 heavy (non-hydrogen) atoms. The highest BCUT2D eigenvalue weighted by atomic mass is 16.5. The molecule has 0 bridgehead atoms. The van der Waals surface area contributed by atoms with Crippen molar-refractivity contribution >= 4 is 29.2 Å². The molecule has 0 unspecified atom stereocenters. The van der Waals surface area contributed by atoms with Gasteiger partial charge in [0, 0.05) is 37.7 Å². The van der Waals surface area contributed by atoms with Gasteiger partial charge >= 0.3 is 0 Å². The van der Waals surface area contributed by atoms with Crippen molar-refractivity contribution in [3.05, 3.63) is 65.8 Å². The molecule has 0 aliphatic carbocycles. The number of rotatable bonds is 10. The van der Waals surface area contributed by atoms with Gasteiger partial charge in [-0.15, -0.1) is 0 Å². The lowest BCUT2D eigenvalue weighted by Gasteiger charge is -2.30. The van der Waals surface area contributed by atoms with Crippen LogP contribution < -0.4 is 15.5 Å². The van der Waals surface area contributed by atoms with Gasteiger partial charge in [-0.1, -0.05) is 22.9 Å². The van der Waals surface area contributed by atoms with Crippen LogP contribution in [0.3, 0.4) is 0 Å². The standard InChI is InChI=1S/C26H30N4O6/c1-17-7-9-19(10-8-17)30(24(32)12-11-23(31)28-22-15-18(2)36-29-22)25(21-6-4-14-35-21)26(33)27-16-20-5-3-13-34-20/h4,6-10,14-15,20,25H,3,5,11-13,16H2,1-2H3,(H,27,33)(H,28,29,31)/t20-,25+/m1/s1. The van der Waals surface area contributed by atoms with Crippen LogP contribution in [0.25, 0.3) is 0 Å². The largest absolute Gasteiger partial charge is 0.467 e. The van der Waals surface area contributed by atoms with E-state index in [1.807, 2.05) is 19.1 Å². The van der Waals surface area contributed by atoms with Gasteiger partial charge in [-0.05, 0) is 51.0 Å². The monoisotopic (exact) mass is 494 g/mol. The van der Waals surface area contributed by atoms with Gasteiger partial charge in [-0.3, -0.25) is 19.3 Å². The number of carbonyl (C=O) groups excluding carboxylic acids is 3. The second-order valence-electron chi connectivity index (χ2n) is 8.77. The van der Waals surface area contributed by atoms with E-state index in [9.17, 15) is 14.4 Å². The second-order valence-corrected chi connectivity index (χ2v) is 8.77. The van der Waals surface area contributed by atoms with Crippen molar-refractivity contribution < 1.29 is 28.1 Å². The predicted octanol–water partition coefficient (Wildman–Crippen LogP) is 3.67. The molecular weight excluding hydrogens is 464 g/mol. The van der Waals surface area contributed by atoms with Crippen LogP contribution in [0.1, 0.15) is 48.8 Å². The molecule has 2 aromatic heterocycles. The van der Waals surface area contributed by atoms with Crippen molar-refractivity contribution in [2.75, 3.05) is 23.4 Å². The Hall–Kier alpha value is -3.92. The molecule has 3 aromatic rings. The maximum atomic E-state index is 13.6. The lowest BCUT2D eigenvalue weighted by Crippen LogP contribution is -2.45. The summed E-state index contributed by atoms with van der Waals surface area (Å²) < 4.78 is 16.2. The van der Waals surface area contributed by atoms with Crippen LogP contribution in [0.15, 0.2) is 57.7 Å². The van der Waals surface area contributed by atoms with Gasteiger partial charge in [0.15, 0.2) is 11.9 Å². The van der Waals surface area contributed by atoms with E-state index in [0.717, 1.165) is 18.4 Å². The third-order valence-electron chi connectivity index (χ3n) is 5.89. The Morgan fingerprint density at radius 3 is 2.58 bits per heavy atom. The number of aryl methyl sites for hydroxylation is 2. The molecule has 10 heteroatoms. The number of anilines is 2. The number of benzene rings is 1. The Morgan fingerprint density at radius 1 is 1.14 bits per heavy atom. The first-order chi connectivity index (χ1) is 17.4. The molecule has 1 aromatic carbocycles. The predicted molar refractivity (Wildman–Crippen MR) is 131 cm³/mol. The first kappa shape index (κ1) is 25.2. The highest BCUT2D eigenvalue weighted by molar-refractivity contribution is 6.02. The van der Waals surface area contributed by atoms with E-state index in [0.29, 0.717) is 30.4 Å². The Labute approximate surface area is 209 Å². The molecule has 2 N–H and O–H groups in total. The third-order valence-corrected chi connectivity index (χ3v) is 5.89. The summed E-state index contributed by atoms with van der Waals surface area (Å²) >= 11 is 0. The molecule has 0 saturated carbocycles. The topological polar surface area (TPSA) is 127 Å². The fourth-order valence-electron chi connectivity index (χ4n) is 4.05. The average Bonchev–Trinajstić information content (AvgIpc) is 3.64. The molecular formula is C26H30N4O6. The second kappa shape index (κ2) is 11.7. The number of hydrogen-bond acceptors (Lipinski definition) is 7. The first-order valence-corrected chi connectivity index (χ1v) is 12.0. The minimum atomic E-state index is -1.06. The first-order valence-electron chi connectivity index (χ1n) is 12.0. The van der Waals surface area contributed by atoms with Crippen LogP contribution in [0, 0.1) is 13.8 Å². The van der Waals surface area contributed by atoms with Crippen LogP contribution >= 0.6 is 0 Å². The Bertz CT molecular complexity index is 1170. The number of nitrogens with one attached hydrogen (secondary N) is 2. The molecule has 1 saturated heterocycles. The summed E-state index contributed by atoms with van der Waals surface area (Å²) in [5.74, 6) is -0.0328. The van der Waals surface area contributed by atoms with Crippen LogP contribution in [0.5, 0.6) is 0 Å². The summed E-state index contributed by atoms with van der Waals surface area (Å²) in [6, 6.07) is 11.1. The van der Waals surface area contributed by atoms with Gasteiger partial charge in [0.2, 0.25) is 11.8 Å². The van der Waals surface area contributed by atoms with Gasteiger partial charge in [0.05, 0.1) is 12.4 Å². The van der Waals surface area contributed by atoms with Gasteiger partial charge in [-0.2, -0.15) is 0 Å². The third kappa shape index (κ3) is 6.39. The maximum absolute atomic E-state index is 13.6. The van der Waals surface area contributed by atoms with Gasteiger partial charge in [-0.25, -0.2) is 0 Å². The molecule has 4 rings (SSSR count). The van der Waals surface area contributed by atoms with E-state index in [1.165, 1.54) is 11.2 Å². The number of hydrogen-bond donors (Lipinski definition) is 2. The van der Waals surface area contributed by atoms with Crippen LogP contribution in [-0.2, 0) is 19.1 Å². The SMILES string of the molecule is Cc1ccc(N(C(=O)CCC(=O)Nc2cc(C)on2)[C@H](C(=O)NC[C@H]2CCCO2)c2ccco2)cc1. The molecule has 1 fully saturated rings. The number of furan rings is 1. The van der Waals surface area contributed by atoms with E-state index in [1.54, 1.807) is 37.3 Å². The normalized spacial score (nSPS) is 15.9. The van der Waals surface area contributed by atoms with E-state index >= 15 is 0 Å². The van der Waals surface area contributed by atoms with E-state index in [2.05, 4.69) is 15.8 Å². The highest BCUT2D eigenvalue weighted by Crippen LogP contribution is 2.30. The zero-order chi connectivity index (χ0) is 25.5. The highest BCUT2D eigenvalue weighted by Gasteiger charge is 2.35. The van der Waals surface area contributed by atoms with Crippen molar-refractivity contribution in [3.63, 3.8) is 0 Å². The Balaban J connectivity index is 1.54. The molecule has 3 heterocycles. The van der Waals surface area contributed by atoms with Crippen molar-refractivity contribution in [3.8, 4) is 0 Å². The fourth-order valence-corrected chi connectivity index (χ4v) is 4.05. The van der Waals surface area contributed by atoms with Crippen LogP contribution in [-0.4, -0.2) is 42.1 Å². The molecule has 0 radical (unpaired) electrons. The van der Waals surface area contributed by atoms with Crippen molar-refractivity contribution in [2.45, 2.75) is 51.7 Å². The summed E-state index contributed by atoms with van der Waals surface area (Å²) in [6.07, 6.45) is 2.99. The molecule has 0 spiro atoms. The molecule has 3 amide bonds. The Kier molecular flexibility index (Phi) is 8.17. The number of nitrogens with zero attached hydrogens (tertiary/aromatic N) is 2. The smallest absolute Gasteiger partial charge is 0.251 e. The lowest BCUT2D eigenvalue weighted by molar-refractivity contribution is -0.128. The van der Waals surface area contributed by atoms with Gasteiger partial charge in [0.1, 0.15) is 11.5 Å². The number of ether oxygens (including phenoxy) is 1. The van der Waals surface area contributed by atoms with E-state index < -0.39 is 23.8 Å². The molecule has 2 atom stereocenters. The molecule has 1 aliphatic heterocycles. The summed E-state index contributed by atoms with van der Waals surface area (Å²) in [5, 5.41) is 9.26. The average molecular weight is 495 g/mol. The van der Waals surface area contributed by atoms with Crippen LogP contribution in [0.4, 0.5) is 11.5 Å². The minimum Gasteiger partial charge on any atom is -0.467 e. The zero-order valence-corrected chi connectivity index (χ0v) is 20.4. The maximum Gasteiger partial charge on any atom is 0.251 e. The van der Waals surface area contributed by atoms with Crippen molar-refractivity contribution in [1.29, 1.82) is 0 Å². The molecule has 10 nitrogen and oxygen atoms in total. The van der Waals surface area contributed by atoms with Crippen molar-refractivity contribution in [1.82, 2.24) is 10.5 Å². The lowest BCUT2D eigenvalue weighted by atomic mass is 10.1. The number of amides is 3. The van der Waals surface area contributed by atoms with Crippen LogP contribution in [0.2, 0.25) is 0 Å². The summed E-state index contributed by atoms with van der Waals surface area (Å²) in [4.78, 5) is 40.8. The summed E-state index contributed by atoms with van der Waals surface area (Å²) in [7, 11) is 0. The molecule has 1 aliphatic rings. The van der Waals surface area contributed by atoms with Gasteiger partial charge < -0.3 is 24.3 Å².